The Morgan fingerprint density at radius 1 is 1.24 bits per heavy atom. The number of nitrogens with one attached hydrogen (secondary N) is 1. The second-order valence-electron chi connectivity index (χ2n) is 4.39. The number of aromatic nitrogens is 1. The molecule has 0 fully saturated rings. The number of hydrogen-bond donors (Lipinski definition) is 1. The van der Waals surface area contributed by atoms with Gasteiger partial charge in [-0.1, -0.05) is 29.8 Å². The van der Waals surface area contributed by atoms with Gasteiger partial charge in [0.25, 0.3) is 0 Å². The van der Waals surface area contributed by atoms with Gasteiger partial charge in [0.15, 0.2) is 0 Å². The Balaban J connectivity index is 2.04. The van der Waals surface area contributed by atoms with Crippen molar-refractivity contribution in [3.8, 4) is 0 Å². The molecular formula is C14H18N2S. The highest BCUT2D eigenvalue weighted by Gasteiger charge is 2.12. The molecule has 17 heavy (non-hydrogen) atoms. The minimum absolute atomic E-state index is 0.297. The Morgan fingerprint density at radius 3 is 2.71 bits per heavy atom. The first-order valence-electron chi connectivity index (χ1n) is 5.89. The number of benzene rings is 1. The van der Waals surface area contributed by atoms with E-state index in [0.29, 0.717) is 12.1 Å². The number of thiazole rings is 1. The van der Waals surface area contributed by atoms with E-state index in [2.05, 4.69) is 55.3 Å². The maximum atomic E-state index is 4.34. The third kappa shape index (κ3) is 3.14. The summed E-state index contributed by atoms with van der Waals surface area (Å²) in [6.07, 6.45) is 1.86. The third-order valence-electron chi connectivity index (χ3n) is 2.86. The van der Waals surface area contributed by atoms with Crippen LogP contribution in [0.1, 0.15) is 42.1 Å². The summed E-state index contributed by atoms with van der Waals surface area (Å²) in [6.45, 7) is 6.48. The molecule has 1 unspecified atom stereocenters. The molecule has 0 aliphatic heterocycles. The first-order chi connectivity index (χ1) is 8.16. The first-order valence-corrected chi connectivity index (χ1v) is 6.77. The molecule has 0 bridgehead atoms. The molecular weight excluding hydrogens is 228 g/mol. The van der Waals surface area contributed by atoms with Crippen molar-refractivity contribution in [2.45, 2.75) is 32.9 Å². The molecule has 0 saturated carbocycles. The SMILES string of the molecule is Cc1cccc([C@@H](C)NC(C)c2nccs2)c1. The lowest BCUT2D eigenvalue weighted by atomic mass is 10.1. The molecule has 0 radical (unpaired) electrons. The van der Waals surface area contributed by atoms with Crippen LogP contribution in [0.25, 0.3) is 0 Å². The van der Waals surface area contributed by atoms with Crippen LogP contribution in [0.4, 0.5) is 0 Å². The summed E-state index contributed by atoms with van der Waals surface area (Å²) in [5.41, 5.74) is 2.63. The fourth-order valence-electron chi connectivity index (χ4n) is 1.93. The summed E-state index contributed by atoms with van der Waals surface area (Å²) >= 11 is 1.70. The molecule has 1 aromatic heterocycles. The number of nitrogens with zero attached hydrogens (tertiary/aromatic N) is 1. The van der Waals surface area contributed by atoms with E-state index in [-0.39, 0.29) is 0 Å². The Morgan fingerprint density at radius 2 is 2.06 bits per heavy atom. The predicted octanol–water partition coefficient (Wildman–Crippen LogP) is 3.86. The second-order valence-corrected chi connectivity index (χ2v) is 5.32. The van der Waals surface area contributed by atoms with Crippen LogP contribution in [-0.4, -0.2) is 4.98 Å². The number of rotatable bonds is 4. The fourth-order valence-corrected chi connectivity index (χ4v) is 2.59. The van der Waals surface area contributed by atoms with Crippen LogP contribution in [0.3, 0.4) is 0 Å². The van der Waals surface area contributed by atoms with E-state index in [9.17, 15) is 0 Å². The smallest absolute Gasteiger partial charge is 0.109 e. The lowest BCUT2D eigenvalue weighted by Gasteiger charge is -2.19. The zero-order valence-corrected chi connectivity index (χ0v) is 11.3. The molecule has 0 amide bonds. The average molecular weight is 246 g/mol. The van der Waals surface area contributed by atoms with Crippen LogP contribution in [0.15, 0.2) is 35.8 Å². The second kappa shape index (κ2) is 5.43. The van der Waals surface area contributed by atoms with Crippen LogP contribution in [0.2, 0.25) is 0 Å². The van der Waals surface area contributed by atoms with Crippen molar-refractivity contribution in [2.24, 2.45) is 0 Å². The highest BCUT2D eigenvalue weighted by molar-refractivity contribution is 7.09. The highest BCUT2D eigenvalue weighted by Crippen LogP contribution is 2.21. The number of hydrogen-bond acceptors (Lipinski definition) is 3. The zero-order chi connectivity index (χ0) is 12.3. The summed E-state index contributed by atoms with van der Waals surface area (Å²) in [5, 5.41) is 6.74. The van der Waals surface area contributed by atoms with Crippen molar-refractivity contribution in [1.29, 1.82) is 0 Å². The van der Waals surface area contributed by atoms with Gasteiger partial charge in [-0.2, -0.15) is 0 Å². The summed E-state index contributed by atoms with van der Waals surface area (Å²) in [5.74, 6) is 0. The van der Waals surface area contributed by atoms with Crippen molar-refractivity contribution in [1.82, 2.24) is 10.3 Å². The predicted molar refractivity (Wildman–Crippen MR) is 73.3 cm³/mol. The van der Waals surface area contributed by atoms with E-state index in [1.54, 1.807) is 11.3 Å². The quantitative estimate of drug-likeness (QED) is 0.886. The first kappa shape index (κ1) is 12.3. The van der Waals surface area contributed by atoms with Crippen LogP contribution >= 0.6 is 11.3 Å². The maximum absolute atomic E-state index is 4.34. The molecule has 0 aliphatic rings. The van der Waals surface area contributed by atoms with Gasteiger partial charge in [-0.05, 0) is 26.3 Å². The molecule has 2 rings (SSSR count). The van der Waals surface area contributed by atoms with Gasteiger partial charge >= 0.3 is 0 Å². The van der Waals surface area contributed by atoms with Crippen LogP contribution in [-0.2, 0) is 0 Å². The van der Waals surface area contributed by atoms with Crippen molar-refractivity contribution in [2.75, 3.05) is 0 Å². The summed E-state index contributed by atoms with van der Waals surface area (Å²) in [6, 6.07) is 9.27. The maximum Gasteiger partial charge on any atom is 0.109 e. The van der Waals surface area contributed by atoms with E-state index in [1.807, 2.05) is 11.6 Å². The van der Waals surface area contributed by atoms with E-state index in [4.69, 9.17) is 0 Å². The van der Waals surface area contributed by atoms with Gasteiger partial charge in [0, 0.05) is 17.6 Å². The molecule has 2 atom stereocenters. The Kier molecular flexibility index (Phi) is 3.92. The molecule has 3 heteroatoms. The third-order valence-corrected chi connectivity index (χ3v) is 3.82. The topological polar surface area (TPSA) is 24.9 Å². The Hall–Kier alpha value is -1.19. The molecule has 0 spiro atoms. The van der Waals surface area contributed by atoms with Crippen molar-refractivity contribution in [3.63, 3.8) is 0 Å². The Labute approximate surface area is 107 Å². The largest absolute Gasteiger partial charge is 0.302 e. The molecule has 2 aromatic rings. The molecule has 1 heterocycles. The van der Waals surface area contributed by atoms with Gasteiger partial charge in [-0.3, -0.25) is 0 Å². The van der Waals surface area contributed by atoms with Crippen molar-refractivity contribution in [3.05, 3.63) is 52.0 Å². The van der Waals surface area contributed by atoms with Crippen molar-refractivity contribution < 1.29 is 0 Å². The lowest BCUT2D eigenvalue weighted by Crippen LogP contribution is -2.22. The van der Waals surface area contributed by atoms with E-state index < -0.39 is 0 Å². The van der Waals surface area contributed by atoms with Crippen molar-refractivity contribution >= 4 is 11.3 Å². The summed E-state index contributed by atoms with van der Waals surface area (Å²) < 4.78 is 0. The van der Waals surface area contributed by atoms with Gasteiger partial charge in [0.2, 0.25) is 0 Å². The average Bonchev–Trinajstić information content (AvgIpc) is 2.82. The van der Waals surface area contributed by atoms with Gasteiger partial charge in [-0.25, -0.2) is 4.98 Å². The number of aryl methyl sites for hydroxylation is 1. The fraction of sp³-hybridized carbons (Fsp3) is 0.357. The minimum atomic E-state index is 0.297. The van der Waals surface area contributed by atoms with Gasteiger partial charge < -0.3 is 5.32 Å². The van der Waals surface area contributed by atoms with Gasteiger partial charge in [0.05, 0.1) is 6.04 Å². The van der Waals surface area contributed by atoms with Crippen LogP contribution in [0, 0.1) is 6.92 Å². The zero-order valence-electron chi connectivity index (χ0n) is 10.5. The minimum Gasteiger partial charge on any atom is -0.302 e. The lowest BCUT2D eigenvalue weighted by molar-refractivity contribution is 0.493. The molecule has 1 N–H and O–H groups in total. The van der Waals surface area contributed by atoms with Crippen LogP contribution in [0.5, 0.6) is 0 Å². The van der Waals surface area contributed by atoms with Gasteiger partial charge in [-0.15, -0.1) is 11.3 Å². The van der Waals surface area contributed by atoms with E-state index >= 15 is 0 Å². The monoisotopic (exact) mass is 246 g/mol. The molecule has 1 aromatic carbocycles. The highest BCUT2D eigenvalue weighted by atomic mass is 32.1. The molecule has 0 aliphatic carbocycles. The molecule has 0 saturated heterocycles. The molecule has 2 nitrogen and oxygen atoms in total. The standard InChI is InChI=1S/C14H18N2S/c1-10-5-4-6-13(9-10)11(2)16-12(3)14-15-7-8-17-14/h4-9,11-12,16H,1-3H3/t11-,12?/m1/s1. The van der Waals surface area contributed by atoms with Crippen LogP contribution < -0.4 is 5.32 Å². The van der Waals surface area contributed by atoms with Gasteiger partial charge in [0.1, 0.15) is 5.01 Å². The normalized spacial score (nSPS) is 14.5. The summed E-state index contributed by atoms with van der Waals surface area (Å²) in [4.78, 5) is 4.34. The molecule has 90 valence electrons. The van der Waals surface area contributed by atoms with E-state index in [0.717, 1.165) is 5.01 Å². The summed E-state index contributed by atoms with van der Waals surface area (Å²) in [7, 11) is 0. The Bertz CT molecular complexity index is 465. The van der Waals surface area contributed by atoms with E-state index in [1.165, 1.54) is 11.1 Å².